The number of methoxy groups -OCH3 is 1. The van der Waals surface area contributed by atoms with Gasteiger partial charge >= 0.3 is 0 Å². The molecule has 2 N–H and O–H groups in total. The van der Waals surface area contributed by atoms with E-state index in [4.69, 9.17) is 4.74 Å². The number of nitrogens with zero attached hydrogens (tertiary/aromatic N) is 2. The summed E-state index contributed by atoms with van der Waals surface area (Å²) in [5, 5.41) is 6.46. The average Bonchev–Trinajstić information content (AvgIpc) is 2.43. The molecule has 6 heteroatoms. The standard InChI is InChI=1S/C14H17BrN4O/c1-10-7-11(15)3-4-12(10)19-14-8-13(17-9-18-14)16-5-6-20-2/h3-4,7-9H,5-6H2,1-2H3,(H2,16,17,18,19). The van der Waals surface area contributed by atoms with Gasteiger partial charge in [-0.2, -0.15) is 0 Å². The fourth-order valence-electron chi connectivity index (χ4n) is 1.71. The van der Waals surface area contributed by atoms with E-state index in [0.29, 0.717) is 13.2 Å². The number of hydrogen-bond donors (Lipinski definition) is 2. The number of ether oxygens (including phenoxy) is 1. The number of aromatic nitrogens is 2. The first-order valence-corrected chi connectivity index (χ1v) is 7.06. The van der Waals surface area contributed by atoms with Gasteiger partial charge in [0.05, 0.1) is 6.61 Å². The molecule has 0 bridgehead atoms. The summed E-state index contributed by atoms with van der Waals surface area (Å²) in [5.41, 5.74) is 2.17. The number of aryl methyl sites for hydroxylation is 1. The zero-order valence-electron chi connectivity index (χ0n) is 11.5. The van der Waals surface area contributed by atoms with E-state index >= 15 is 0 Å². The van der Waals surface area contributed by atoms with E-state index in [1.165, 1.54) is 6.33 Å². The molecule has 5 nitrogen and oxygen atoms in total. The second-order valence-corrected chi connectivity index (χ2v) is 5.21. The minimum atomic E-state index is 0.637. The van der Waals surface area contributed by atoms with Crippen molar-refractivity contribution in [1.29, 1.82) is 0 Å². The quantitative estimate of drug-likeness (QED) is 0.792. The average molecular weight is 337 g/mol. The van der Waals surface area contributed by atoms with Gasteiger partial charge in [0.15, 0.2) is 0 Å². The van der Waals surface area contributed by atoms with Crippen molar-refractivity contribution in [2.24, 2.45) is 0 Å². The van der Waals surface area contributed by atoms with Crippen LogP contribution in [0.15, 0.2) is 35.1 Å². The fraction of sp³-hybridized carbons (Fsp3) is 0.286. The summed E-state index contributed by atoms with van der Waals surface area (Å²) in [6, 6.07) is 7.94. The van der Waals surface area contributed by atoms with Crippen molar-refractivity contribution in [2.75, 3.05) is 30.9 Å². The normalized spacial score (nSPS) is 10.3. The molecule has 20 heavy (non-hydrogen) atoms. The Hall–Kier alpha value is -1.66. The molecule has 0 aliphatic heterocycles. The molecule has 0 spiro atoms. The zero-order chi connectivity index (χ0) is 14.4. The molecule has 2 aromatic rings. The highest BCUT2D eigenvalue weighted by Gasteiger charge is 2.02. The third-order valence-corrected chi connectivity index (χ3v) is 3.22. The summed E-state index contributed by atoms with van der Waals surface area (Å²) in [4.78, 5) is 8.39. The van der Waals surface area contributed by atoms with E-state index in [-0.39, 0.29) is 0 Å². The van der Waals surface area contributed by atoms with E-state index in [9.17, 15) is 0 Å². The lowest BCUT2D eigenvalue weighted by Crippen LogP contribution is -2.09. The number of hydrogen-bond acceptors (Lipinski definition) is 5. The van der Waals surface area contributed by atoms with Crippen LogP contribution < -0.4 is 10.6 Å². The van der Waals surface area contributed by atoms with Gasteiger partial charge in [-0.05, 0) is 30.7 Å². The van der Waals surface area contributed by atoms with Gasteiger partial charge in [0.2, 0.25) is 0 Å². The van der Waals surface area contributed by atoms with Crippen LogP contribution >= 0.6 is 15.9 Å². The second kappa shape index (κ2) is 7.21. The Balaban J connectivity index is 2.07. The van der Waals surface area contributed by atoms with Crippen LogP contribution in [0.25, 0.3) is 0 Å². The van der Waals surface area contributed by atoms with Crippen LogP contribution in [0.2, 0.25) is 0 Å². The number of rotatable bonds is 6. The van der Waals surface area contributed by atoms with Gasteiger partial charge in [0.25, 0.3) is 0 Å². The van der Waals surface area contributed by atoms with Crippen LogP contribution in [0, 0.1) is 6.92 Å². The highest BCUT2D eigenvalue weighted by atomic mass is 79.9. The molecule has 0 fully saturated rings. The number of halogens is 1. The molecule has 0 aliphatic rings. The van der Waals surface area contributed by atoms with Crippen molar-refractivity contribution in [1.82, 2.24) is 9.97 Å². The van der Waals surface area contributed by atoms with E-state index in [2.05, 4.69) is 42.6 Å². The Bertz CT molecular complexity index is 577. The van der Waals surface area contributed by atoms with Gasteiger partial charge in [-0.15, -0.1) is 0 Å². The van der Waals surface area contributed by atoms with E-state index in [0.717, 1.165) is 27.4 Å². The molecule has 1 aromatic heterocycles. The van der Waals surface area contributed by atoms with Crippen molar-refractivity contribution in [3.05, 3.63) is 40.6 Å². The van der Waals surface area contributed by atoms with Crippen LogP contribution in [0.3, 0.4) is 0 Å². The van der Waals surface area contributed by atoms with Gasteiger partial charge in [-0.25, -0.2) is 9.97 Å². The van der Waals surface area contributed by atoms with Crippen LogP contribution in [-0.4, -0.2) is 30.2 Å². The predicted octanol–water partition coefficient (Wildman–Crippen LogP) is 3.35. The maximum absolute atomic E-state index is 4.99. The largest absolute Gasteiger partial charge is 0.383 e. The fourth-order valence-corrected chi connectivity index (χ4v) is 2.18. The smallest absolute Gasteiger partial charge is 0.135 e. The van der Waals surface area contributed by atoms with E-state index in [1.807, 2.05) is 25.1 Å². The van der Waals surface area contributed by atoms with Gasteiger partial charge in [-0.1, -0.05) is 15.9 Å². The minimum absolute atomic E-state index is 0.637. The van der Waals surface area contributed by atoms with E-state index in [1.54, 1.807) is 7.11 Å². The molecule has 0 unspecified atom stereocenters. The van der Waals surface area contributed by atoms with Gasteiger partial charge in [-0.3, -0.25) is 0 Å². The number of nitrogens with one attached hydrogen (secondary N) is 2. The van der Waals surface area contributed by atoms with Gasteiger partial charge < -0.3 is 15.4 Å². The third kappa shape index (κ3) is 4.18. The van der Waals surface area contributed by atoms with Gasteiger partial charge in [0, 0.05) is 29.9 Å². The summed E-state index contributed by atoms with van der Waals surface area (Å²) in [6.07, 6.45) is 1.53. The Kier molecular flexibility index (Phi) is 5.31. The molecule has 0 radical (unpaired) electrons. The molecule has 0 amide bonds. The Morgan fingerprint density at radius 2 is 2.00 bits per heavy atom. The van der Waals surface area contributed by atoms with Crippen molar-refractivity contribution in [2.45, 2.75) is 6.92 Å². The van der Waals surface area contributed by atoms with Crippen molar-refractivity contribution in [3.63, 3.8) is 0 Å². The van der Waals surface area contributed by atoms with E-state index < -0.39 is 0 Å². The van der Waals surface area contributed by atoms with Gasteiger partial charge in [0.1, 0.15) is 18.0 Å². The summed E-state index contributed by atoms with van der Waals surface area (Å²) in [6.45, 7) is 3.40. The molecule has 0 aliphatic carbocycles. The lowest BCUT2D eigenvalue weighted by atomic mass is 10.2. The maximum atomic E-state index is 4.99. The predicted molar refractivity (Wildman–Crippen MR) is 84.6 cm³/mol. The Morgan fingerprint density at radius 1 is 1.20 bits per heavy atom. The zero-order valence-corrected chi connectivity index (χ0v) is 13.1. The maximum Gasteiger partial charge on any atom is 0.135 e. The molecule has 106 valence electrons. The highest BCUT2D eigenvalue weighted by molar-refractivity contribution is 9.10. The molecule has 1 heterocycles. The SMILES string of the molecule is COCCNc1cc(Nc2ccc(Br)cc2C)ncn1. The van der Waals surface area contributed by atoms with Crippen LogP contribution in [0.5, 0.6) is 0 Å². The summed E-state index contributed by atoms with van der Waals surface area (Å²) < 4.78 is 6.05. The second-order valence-electron chi connectivity index (χ2n) is 4.29. The summed E-state index contributed by atoms with van der Waals surface area (Å²) in [5.74, 6) is 1.53. The van der Waals surface area contributed by atoms with Crippen molar-refractivity contribution >= 4 is 33.3 Å². The molecule has 1 aromatic carbocycles. The number of anilines is 3. The topological polar surface area (TPSA) is 59.1 Å². The monoisotopic (exact) mass is 336 g/mol. The van der Waals surface area contributed by atoms with Crippen LogP contribution in [-0.2, 0) is 4.74 Å². The Labute approximate surface area is 126 Å². The molecule has 0 saturated carbocycles. The summed E-state index contributed by atoms with van der Waals surface area (Å²) in [7, 11) is 1.67. The lowest BCUT2D eigenvalue weighted by molar-refractivity contribution is 0.210. The number of benzene rings is 1. The highest BCUT2D eigenvalue weighted by Crippen LogP contribution is 2.23. The van der Waals surface area contributed by atoms with Crippen molar-refractivity contribution in [3.8, 4) is 0 Å². The van der Waals surface area contributed by atoms with Crippen LogP contribution in [0.4, 0.5) is 17.3 Å². The first-order chi connectivity index (χ1) is 9.69. The van der Waals surface area contributed by atoms with Crippen molar-refractivity contribution < 1.29 is 4.74 Å². The first-order valence-electron chi connectivity index (χ1n) is 6.27. The molecule has 0 saturated heterocycles. The first kappa shape index (κ1) is 14.7. The minimum Gasteiger partial charge on any atom is -0.383 e. The summed E-state index contributed by atoms with van der Waals surface area (Å²) >= 11 is 3.45. The van der Waals surface area contributed by atoms with Crippen LogP contribution in [0.1, 0.15) is 5.56 Å². The molecule has 0 atom stereocenters. The molecule has 2 rings (SSSR count). The lowest BCUT2D eigenvalue weighted by Gasteiger charge is -2.10. The molecular weight excluding hydrogens is 320 g/mol. The molecular formula is C14H17BrN4O. The third-order valence-electron chi connectivity index (χ3n) is 2.73. The Morgan fingerprint density at radius 3 is 2.75 bits per heavy atom.